The molecular weight excluding hydrogens is 278 g/mol. The van der Waals surface area contributed by atoms with Crippen LogP contribution in [0.3, 0.4) is 0 Å². The first kappa shape index (κ1) is 13.8. The van der Waals surface area contributed by atoms with E-state index in [0.717, 1.165) is 18.5 Å². The smallest absolute Gasteiger partial charge is 0.0736 e. The average Bonchev–Trinajstić information content (AvgIpc) is 2.62. The van der Waals surface area contributed by atoms with E-state index in [0.29, 0.717) is 6.42 Å². The van der Waals surface area contributed by atoms with E-state index in [2.05, 4.69) is 59.4 Å². The maximum absolute atomic E-state index is 5.51. The monoisotopic (exact) mass is 295 g/mol. The third kappa shape index (κ3) is 2.43. The lowest BCUT2D eigenvalue weighted by atomic mass is 9.86. The van der Waals surface area contributed by atoms with Crippen molar-refractivity contribution in [2.45, 2.75) is 19.3 Å². The summed E-state index contributed by atoms with van der Waals surface area (Å²) >= 11 is 0. The highest BCUT2D eigenvalue weighted by Crippen LogP contribution is 2.35. The molecule has 3 aromatic rings. The first-order valence-electron chi connectivity index (χ1n) is 7.96. The Labute approximate surface area is 137 Å². The molecule has 0 amide bonds. The topological polar surface area (TPSA) is 12.9 Å². The zero-order valence-electron chi connectivity index (χ0n) is 12.9. The predicted molar refractivity (Wildman–Crippen MR) is 95.1 cm³/mol. The second-order valence-electron chi connectivity index (χ2n) is 5.92. The Morgan fingerprint density at radius 1 is 0.913 bits per heavy atom. The number of nitrogens with zero attached hydrogens (tertiary/aromatic N) is 1. The van der Waals surface area contributed by atoms with Crippen molar-refractivity contribution in [3.8, 4) is 34.7 Å². The maximum Gasteiger partial charge on any atom is 0.0736 e. The van der Waals surface area contributed by atoms with Gasteiger partial charge in [0.25, 0.3) is 0 Å². The summed E-state index contributed by atoms with van der Waals surface area (Å²) in [6, 6.07) is 19.3. The molecule has 0 spiro atoms. The number of aryl methyl sites for hydroxylation is 2. The molecule has 0 atom stereocenters. The summed E-state index contributed by atoms with van der Waals surface area (Å²) in [4.78, 5) is 4.58. The lowest BCUT2D eigenvalue weighted by Gasteiger charge is -2.20. The van der Waals surface area contributed by atoms with E-state index >= 15 is 0 Å². The van der Waals surface area contributed by atoms with Crippen molar-refractivity contribution in [2.24, 2.45) is 0 Å². The van der Waals surface area contributed by atoms with E-state index in [1.54, 1.807) is 0 Å². The van der Waals surface area contributed by atoms with Gasteiger partial charge in [0, 0.05) is 18.2 Å². The zero-order valence-corrected chi connectivity index (χ0v) is 12.9. The molecule has 2 aromatic carbocycles. The lowest BCUT2D eigenvalue weighted by molar-refractivity contribution is 0.928. The number of terminal acetylenes is 1. The number of benzene rings is 2. The Morgan fingerprint density at radius 3 is 2.70 bits per heavy atom. The van der Waals surface area contributed by atoms with Gasteiger partial charge in [-0.2, -0.15) is 0 Å². The largest absolute Gasteiger partial charge is 0.256 e. The van der Waals surface area contributed by atoms with E-state index in [1.807, 2.05) is 12.3 Å². The highest BCUT2D eigenvalue weighted by molar-refractivity contribution is 5.76. The summed E-state index contributed by atoms with van der Waals surface area (Å²) in [5.41, 5.74) is 8.82. The van der Waals surface area contributed by atoms with Gasteiger partial charge in [-0.1, -0.05) is 48.5 Å². The molecule has 0 saturated heterocycles. The van der Waals surface area contributed by atoms with Crippen LogP contribution in [0.25, 0.3) is 22.4 Å². The second kappa shape index (κ2) is 5.74. The van der Waals surface area contributed by atoms with Gasteiger partial charge < -0.3 is 0 Å². The minimum absolute atomic E-state index is 0.664. The Kier molecular flexibility index (Phi) is 3.44. The fourth-order valence-electron chi connectivity index (χ4n) is 3.42. The molecule has 0 bridgehead atoms. The predicted octanol–water partition coefficient (Wildman–Crippen LogP) is 4.69. The molecule has 1 heterocycles. The minimum Gasteiger partial charge on any atom is -0.256 e. The first-order chi connectivity index (χ1) is 11.4. The summed E-state index contributed by atoms with van der Waals surface area (Å²) in [5, 5.41) is 0. The summed E-state index contributed by atoms with van der Waals surface area (Å²) in [5.74, 6) is 2.76. The summed E-state index contributed by atoms with van der Waals surface area (Å²) < 4.78 is 0. The van der Waals surface area contributed by atoms with Crippen LogP contribution in [0.2, 0.25) is 0 Å². The summed E-state index contributed by atoms with van der Waals surface area (Å²) in [6.45, 7) is 0. The number of pyridine rings is 1. The molecule has 4 rings (SSSR count). The average molecular weight is 295 g/mol. The van der Waals surface area contributed by atoms with Gasteiger partial charge in [0.1, 0.15) is 0 Å². The van der Waals surface area contributed by atoms with Crippen LogP contribution in [-0.2, 0) is 19.3 Å². The molecule has 0 aliphatic heterocycles. The van der Waals surface area contributed by atoms with Crippen molar-refractivity contribution in [3.05, 3.63) is 77.5 Å². The SMILES string of the molecule is C#CCc1ccccc1-c1ccc2c(c1)CCc1cccnc1-2. The Bertz CT molecular complexity index is 915. The van der Waals surface area contributed by atoms with Gasteiger partial charge in [0.2, 0.25) is 0 Å². The van der Waals surface area contributed by atoms with E-state index in [-0.39, 0.29) is 0 Å². The summed E-state index contributed by atoms with van der Waals surface area (Å²) in [6.07, 6.45) is 10.2. The van der Waals surface area contributed by atoms with Crippen LogP contribution in [0, 0.1) is 12.3 Å². The van der Waals surface area contributed by atoms with Crippen molar-refractivity contribution < 1.29 is 0 Å². The van der Waals surface area contributed by atoms with Crippen LogP contribution in [-0.4, -0.2) is 4.98 Å². The van der Waals surface area contributed by atoms with E-state index < -0.39 is 0 Å². The van der Waals surface area contributed by atoms with E-state index in [1.165, 1.54) is 33.4 Å². The van der Waals surface area contributed by atoms with Gasteiger partial charge in [-0.15, -0.1) is 12.3 Å². The fourth-order valence-corrected chi connectivity index (χ4v) is 3.42. The Morgan fingerprint density at radius 2 is 1.78 bits per heavy atom. The second-order valence-corrected chi connectivity index (χ2v) is 5.92. The molecule has 0 saturated carbocycles. The zero-order chi connectivity index (χ0) is 15.6. The number of hydrogen-bond acceptors (Lipinski definition) is 1. The highest BCUT2D eigenvalue weighted by Gasteiger charge is 2.17. The number of aromatic nitrogens is 1. The van der Waals surface area contributed by atoms with Gasteiger partial charge in [0.15, 0.2) is 0 Å². The van der Waals surface area contributed by atoms with Gasteiger partial charge in [-0.25, -0.2) is 0 Å². The Hall–Kier alpha value is -2.85. The standard InChI is InChI=1S/C22H17N/c1-2-6-16-7-3-4-9-20(16)18-12-13-21-19(15-18)11-10-17-8-5-14-23-22(17)21/h1,3-5,7-9,12-15H,6,10-11H2. The van der Waals surface area contributed by atoms with Gasteiger partial charge >= 0.3 is 0 Å². The van der Waals surface area contributed by atoms with Crippen molar-refractivity contribution >= 4 is 0 Å². The van der Waals surface area contributed by atoms with Crippen LogP contribution in [0.1, 0.15) is 16.7 Å². The van der Waals surface area contributed by atoms with Crippen molar-refractivity contribution in [2.75, 3.05) is 0 Å². The van der Waals surface area contributed by atoms with E-state index in [4.69, 9.17) is 6.42 Å². The lowest BCUT2D eigenvalue weighted by Crippen LogP contribution is -2.05. The van der Waals surface area contributed by atoms with Gasteiger partial charge in [-0.3, -0.25) is 4.98 Å². The maximum atomic E-state index is 5.51. The van der Waals surface area contributed by atoms with E-state index in [9.17, 15) is 0 Å². The fraction of sp³-hybridized carbons (Fsp3) is 0.136. The van der Waals surface area contributed by atoms with Gasteiger partial charge in [0.05, 0.1) is 5.69 Å². The molecule has 110 valence electrons. The number of hydrogen-bond donors (Lipinski definition) is 0. The summed E-state index contributed by atoms with van der Waals surface area (Å²) in [7, 11) is 0. The minimum atomic E-state index is 0.664. The van der Waals surface area contributed by atoms with Gasteiger partial charge in [-0.05, 0) is 46.7 Å². The van der Waals surface area contributed by atoms with Crippen molar-refractivity contribution in [1.82, 2.24) is 4.98 Å². The van der Waals surface area contributed by atoms with Crippen LogP contribution >= 0.6 is 0 Å². The molecular formula is C22H17N. The van der Waals surface area contributed by atoms with Crippen molar-refractivity contribution in [3.63, 3.8) is 0 Å². The Balaban J connectivity index is 1.82. The quantitative estimate of drug-likeness (QED) is 0.625. The molecule has 1 heteroatoms. The highest BCUT2D eigenvalue weighted by atomic mass is 14.7. The number of fused-ring (bicyclic) bond motifs is 3. The molecule has 0 unspecified atom stereocenters. The van der Waals surface area contributed by atoms with Crippen LogP contribution in [0.15, 0.2) is 60.8 Å². The molecule has 23 heavy (non-hydrogen) atoms. The van der Waals surface area contributed by atoms with Crippen LogP contribution in [0.5, 0.6) is 0 Å². The van der Waals surface area contributed by atoms with Crippen LogP contribution in [0.4, 0.5) is 0 Å². The molecule has 1 aliphatic carbocycles. The molecule has 1 nitrogen and oxygen atoms in total. The number of rotatable bonds is 2. The molecule has 1 aliphatic rings. The molecule has 0 fully saturated rings. The van der Waals surface area contributed by atoms with Crippen molar-refractivity contribution in [1.29, 1.82) is 0 Å². The molecule has 0 N–H and O–H groups in total. The third-order valence-corrected chi connectivity index (χ3v) is 4.54. The molecule has 0 radical (unpaired) electrons. The normalized spacial score (nSPS) is 12.1. The molecule has 1 aromatic heterocycles. The third-order valence-electron chi connectivity index (χ3n) is 4.54. The first-order valence-corrected chi connectivity index (χ1v) is 7.96. The van der Waals surface area contributed by atoms with Crippen LogP contribution < -0.4 is 0 Å².